The smallest absolute Gasteiger partial charge is 0.257 e. The van der Waals surface area contributed by atoms with Gasteiger partial charge in [-0.2, -0.15) is 0 Å². The summed E-state index contributed by atoms with van der Waals surface area (Å²) in [6.07, 6.45) is 3.45. The number of fused-ring (bicyclic) bond motifs is 1. The summed E-state index contributed by atoms with van der Waals surface area (Å²) in [6, 6.07) is 12.6. The summed E-state index contributed by atoms with van der Waals surface area (Å²) >= 11 is 1.27. The molecule has 2 aromatic heterocycles. The molecule has 2 heterocycles. The van der Waals surface area contributed by atoms with Gasteiger partial charge in [-0.15, -0.1) is 11.8 Å². The van der Waals surface area contributed by atoms with Gasteiger partial charge < -0.3 is 11.1 Å². The minimum atomic E-state index is -0.420. The highest BCUT2D eigenvalue weighted by molar-refractivity contribution is 8.00. The van der Waals surface area contributed by atoms with E-state index < -0.39 is 11.2 Å². The average Bonchev–Trinajstić information content (AvgIpc) is 3.05. The highest BCUT2D eigenvalue weighted by atomic mass is 32.2. The van der Waals surface area contributed by atoms with Gasteiger partial charge >= 0.3 is 0 Å². The predicted molar refractivity (Wildman–Crippen MR) is 94.1 cm³/mol. The number of imidazole rings is 1. The van der Waals surface area contributed by atoms with Crippen LogP contribution in [-0.2, 0) is 4.79 Å². The van der Waals surface area contributed by atoms with Crippen molar-refractivity contribution in [2.24, 2.45) is 5.73 Å². The lowest BCUT2D eigenvalue weighted by atomic mass is 10.2. The monoisotopic (exact) mass is 340 g/mol. The summed E-state index contributed by atoms with van der Waals surface area (Å²) < 4.78 is 1.79. The zero-order valence-corrected chi connectivity index (χ0v) is 13.8. The summed E-state index contributed by atoms with van der Waals surface area (Å²) in [5, 5.41) is 2.46. The highest BCUT2D eigenvalue weighted by Crippen LogP contribution is 2.27. The van der Waals surface area contributed by atoms with Gasteiger partial charge in [0.05, 0.1) is 10.8 Å². The Morgan fingerprint density at radius 1 is 1.21 bits per heavy atom. The fourth-order valence-electron chi connectivity index (χ4n) is 2.24. The summed E-state index contributed by atoms with van der Waals surface area (Å²) in [5.74, 6) is -0.0490. The molecule has 0 spiro atoms. The number of pyridine rings is 1. The van der Waals surface area contributed by atoms with Crippen molar-refractivity contribution in [3.8, 4) is 0 Å². The first kappa shape index (κ1) is 16.1. The number of primary amides is 1. The Kier molecular flexibility index (Phi) is 4.52. The van der Waals surface area contributed by atoms with E-state index >= 15 is 0 Å². The molecule has 0 unspecified atom stereocenters. The molecule has 1 aromatic carbocycles. The molecular formula is C17H16N4O2S. The van der Waals surface area contributed by atoms with Crippen LogP contribution in [0.15, 0.2) is 59.8 Å². The van der Waals surface area contributed by atoms with E-state index in [1.165, 1.54) is 11.8 Å². The van der Waals surface area contributed by atoms with Crippen molar-refractivity contribution in [1.82, 2.24) is 9.38 Å². The molecule has 24 heavy (non-hydrogen) atoms. The fourth-order valence-corrected chi connectivity index (χ4v) is 3.18. The standard InChI is InChI=1S/C17H16N4O2S/c1-11(16(18)22)24-13-6-3-2-5-12(13)17(23)20-15-8-4-7-14-19-9-10-21(14)15/h2-11H,1H3,(H2,18,22)(H,20,23)/t11-/m0/s1. The van der Waals surface area contributed by atoms with Crippen molar-refractivity contribution in [3.63, 3.8) is 0 Å². The minimum absolute atomic E-state index is 0.254. The Morgan fingerprint density at radius 2 is 2.00 bits per heavy atom. The molecule has 0 aliphatic heterocycles. The second-order valence-electron chi connectivity index (χ2n) is 5.18. The topological polar surface area (TPSA) is 89.5 Å². The Bertz CT molecular complexity index is 906. The molecule has 0 aliphatic rings. The van der Waals surface area contributed by atoms with E-state index in [-0.39, 0.29) is 5.91 Å². The zero-order chi connectivity index (χ0) is 17.1. The molecule has 1 atom stereocenters. The van der Waals surface area contributed by atoms with E-state index in [1.54, 1.807) is 48.0 Å². The quantitative estimate of drug-likeness (QED) is 0.699. The second kappa shape index (κ2) is 6.76. The van der Waals surface area contributed by atoms with Gasteiger partial charge in [0, 0.05) is 17.3 Å². The van der Waals surface area contributed by atoms with Gasteiger partial charge in [-0.25, -0.2) is 4.98 Å². The van der Waals surface area contributed by atoms with Crippen molar-refractivity contribution >= 4 is 35.0 Å². The van der Waals surface area contributed by atoms with Crippen LogP contribution in [0.2, 0.25) is 0 Å². The molecule has 3 aromatic rings. The number of aromatic nitrogens is 2. The van der Waals surface area contributed by atoms with Gasteiger partial charge in [-0.1, -0.05) is 18.2 Å². The first-order chi connectivity index (χ1) is 11.6. The molecule has 0 saturated carbocycles. The molecule has 122 valence electrons. The minimum Gasteiger partial charge on any atom is -0.369 e. The molecule has 0 saturated heterocycles. The molecule has 0 radical (unpaired) electrons. The lowest BCUT2D eigenvalue weighted by Gasteiger charge is -2.13. The highest BCUT2D eigenvalue weighted by Gasteiger charge is 2.17. The summed E-state index contributed by atoms with van der Waals surface area (Å²) in [6.45, 7) is 1.72. The number of nitrogens with two attached hydrogens (primary N) is 1. The van der Waals surface area contributed by atoms with Crippen molar-refractivity contribution in [3.05, 3.63) is 60.4 Å². The van der Waals surface area contributed by atoms with Gasteiger partial charge in [0.25, 0.3) is 5.91 Å². The van der Waals surface area contributed by atoms with Crippen molar-refractivity contribution in [2.75, 3.05) is 5.32 Å². The summed E-state index contributed by atoms with van der Waals surface area (Å²) in [4.78, 5) is 28.9. The van der Waals surface area contributed by atoms with Gasteiger partial charge in [-0.3, -0.25) is 14.0 Å². The number of carbonyl (C=O) groups excluding carboxylic acids is 2. The fraction of sp³-hybridized carbons (Fsp3) is 0.118. The largest absolute Gasteiger partial charge is 0.369 e. The number of rotatable bonds is 5. The molecule has 0 aliphatic carbocycles. The molecule has 3 rings (SSSR count). The van der Waals surface area contributed by atoms with Crippen LogP contribution in [0, 0.1) is 0 Å². The first-order valence-corrected chi connectivity index (χ1v) is 8.22. The first-order valence-electron chi connectivity index (χ1n) is 7.34. The molecular weight excluding hydrogens is 324 g/mol. The lowest BCUT2D eigenvalue weighted by molar-refractivity contribution is -0.117. The Balaban J connectivity index is 1.88. The number of anilines is 1. The van der Waals surface area contributed by atoms with Crippen LogP contribution in [0.4, 0.5) is 5.82 Å². The SMILES string of the molecule is C[C@H](Sc1ccccc1C(=O)Nc1cccc2nccn12)C(N)=O. The average molecular weight is 340 g/mol. The number of nitrogens with zero attached hydrogens (tertiary/aromatic N) is 2. The number of hydrogen-bond acceptors (Lipinski definition) is 4. The lowest BCUT2D eigenvalue weighted by Crippen LogP contribution is -2.23. The third-order valence-electron chi connectivity index (χ3n) is 3.51. The Hall–Kier alpha value is -2.80. The maximum atomic E-state index is 12.7. The van der Waals surface area contributed by atoms with Crippen LogP contribution in [0.5, 0.6) is 0 Å². The van der Waals surface area contributed by atoms with Gasteiger partial charge in [0.1, 0.15) is 11.5 Å². The van der Waals surface area contributed by atoms with Crippen molar-refractivity contribution < 1.29 is 9.59 Å². The van der Waals surface area contributed by atoms with E-state index in [2.05, 4.69) is 10.3 Å². The number of carbonyl (C=O) groups is 2. The van der Waals surface area contributed by atoms with Gasteiger partial charge in [-0.05, 0) is 31.2 Å². The molecule has 3 N–H and O–H groups in total. The number of amides is 2. The van der Waals surface area contributed by atoms with Crippen LogP contribution in [0.3, 0.4) is 0 Å². The normalized spacial score (nSPS) is 12.0. The Morgan fingerprint density at radius 3 is 2.79 bits per heavy atom. The van der Waals surface area contributed by atoms with E-state index in [4.69, 9.17) is 5.73 Å². The number of benzene rings is 1. The molecule has 0 bridgehead atoms. The molecule has 6 nitrogen and oxygen atoms in total. The summed E-state index contributed by atoms with van der Waals surface area (Å²) in [7, 11) is 0. The molecule has 7 heteroatoms. The predicted octanol–water partition coefficient (Wildman–Crippen LogP) is 2.55. The van der Waals surface area contributed by atoms with E-state index in [0.29, 0.717) is 16.3 Å². The van der Waals surface area contributed by atoms with Crippen LogP contribution in [0.1, 0.15) is 17.3 Å². The maximum Gasteiger partial charge on any atom is 0.257 e. The number of thioether (sulfide) groups is 1. The second-order valence-corrected chi connectivity index (χ2v) is 6.56. The Labute approximate surface area is 143 Å². The van der Waals surface area contributed by atoms with Crippen LogP contribution < -0.4 is 11.1 Å². The van der Waals surface area contributed by atoms with E-state index in [1.807, 2.05) is 18.2 Å². The van der Waals surface area contributed by atoms with Gasteiger partial charge in [0.2, 0.25) is 5.91 Å². The summed E-state index contributed by atoms with van der Waals surface area (Å²) in [5.41, 5.74) is 6.55. The van der Waals surface area contributed by atoms with Crippen molar-refractivity contribution in [2.45, 2.75) is 17.1 Å². The van der Waals surface area contributed by atoms with Gasteiger partial charge in [0.15, 0.2) is 0 Å². The zero-order valence-electron chi connectivity index (χ0n) is 13.0. The van der Waals surface area contributed by atoms with Crippen LogP contribution in [0.25, 0.3) is 5.65 Å². The molecule has 0 fully saturated rings. The number of hydrogen-bond donors (Lipinski definition) is 2. The van der Waals surface area contributed by atoms with Crippen LogP contribution >= 0.6 is 11.8 Å². The third kappa shape index (κ3) is 3.26. The number of nitrogens with one attached hydrogen (secondary N) is 1. The van der Waals surface area contributed by atoms with Crippen LogP contribution in [-0.4, -0.2) is 26.4 Å². The third-order valence-corrected chi connectivity index (χ3v) is 4.70. The van der Waals surface area contributed by atoms with E-state index in [9.17, 15) is 9.59 Å². The molecule has 2 amide bonds. The van der Waals surface area contributed by atoms with Crippen molar-refractivity contribution in [1.29, 1.82) is 0 Å². The van der Waals surface area contributed by atoms with E-state index in [0.717, 1.165) is 5.65 Å². The maximum absolute atomic E-state index is 12.7.